The van der Waals surface area contributed by atoms with Crippen LogP contribution in [0.5, 0.6) is 0 Å². The number of nitrogens with two attached hydrogens (primary N) is 1. The first-order chi connectivity index (χ1) is 10.5. The van der Waals surface area contributed by atoms with Crippen LogP contribution in [0.3, 0.4) is 0 Å². The molecule has 0 aromatic heterocycles. The average molecular weight is 325 g/mol. The molecule has 1 rings (SSSR count). The Balaban J connectivity index is 2.71. The number of piperidine rings is 1. The van der Waals surface area contributed by atoms with Gasteiger partial charge in [0.1, 0.15) is 0 Å². The summed E-state index contributed by atoms with van der Waals surface area (Å²) in [5.41, 5.74) is 5.11. The van der Waals surface area contributed by atoms with Crippen LogP contribution in [0, 0.1) is 17.3 Å². The van der Waals surface area contributed by atoms with Crippen LogP contribution in [0.15, 0.2) is 0 Å². The van der Waals surface area contributed by atoms with Gasteiger partial charge in [0.2, 0.25) is 11.8 Å². The molecule has 3 N–H and O–H groups in total. The van der Waals surface area contributed by atoms with E-state index in [9.17, 15) is 9.59 Å². The van der Waals surface area contributed by atoms with E-state index in [1.165, 1.54) is 0 Å². The summed E-state index contributed by atoms with van der Waals surface area (Å²) in [5.74, 6) is 0.492. The van der Waals surface area contributed by atoms with Crippen molar-refractivity contribution in [1.82, 2.24) is 10.2 Å². The maximum absolute atomic E-state index is 12.7. The number of nitrogens with zero attached hydrogens (tertiary/aromatic N) is 1. The minimum Gasteiger partial charge on any atom is -0.349 e. The molecule has 0 saturated carbocycles. The smallest absolute Gasteiger partial charge is 0.227 e. The monoisotopic (exact) mass is 325 g/mol. The van der Waals surface area contributed by atoms with Crippen LogP contribution >= 0.6 is 0 Å². The lowest BCUT2D eigenvalue weighted by Gasteiger charge is -2.38. The number of carbonyl (C=O) groups is 2. The zero-order chi connectivity index (χ0) is 17.8. The Kier molecular flexibility index (Phi) is 6.63. The number of carbonyl (C=O) groups excluding carboxylic acids is 2. The first-order valence-corrected chi connectivity index (χ1v) is 8.80. The van der Waals surface area contributed by atoms with Gasteiger partial charge in [0.25, 0.3) is 0 Å². The Bertz CT molecular complexity index is 428. The summed E-state index contributed by atoms with van der Waals surface area (Å²) in [6, 6.07) is 0. The van der Waals surface area contributed by atoms with Gasteiger partial charge in [-0.2, -0.15) is 0 Å². The lowest BCUT2D eigenvalue weighted by molar-refractivity contribution is -0.143. The van der Waals surface area contributed by atoms with E-state index in [0.717, 1.165) is 25.8 Å². The van der Waals surface area contributed by atoms with Crippen LogP contribution in [0.25, 0.3) is 0 Å². The average Bonchev–Trinajstić information content (AvgIpc) is 2.44. The molecule has 0 aromatic rings. The highest BCUT2D eigenvalue weighted by atomic mass is 16.2. The third-order valence-corrected chi connectivity index (χ3v) is 4.46. The number of likely N-dealkylation sites (tertiary alicyclic amines) is 1. The zero-order valence-corrected chi connectivity index (χ0v) is 15.7. The molecule has 23 heavy (non-hydrogen) atoms. The minimum absolute atomic E-state index is 0.0324. The quantitative estimate of drug-likeness (QED) is 0.813. The van der Waals surface area contributed by atoms with Crippen LogP contribution in [0.4, 0.5) is 0 Å². The van der Waals surface area contributed by atoms with E-state index in [-0.39, 0.29) is 23.3 Å². The van der Waals surface area contributed by atoms with Crippen molar-refractivity contribution in [2.75, 3.05) is 19.6 Å². The van der Waals surface area contributed by atoms with Gasteiger partial charge in [0.15, 0.2) is 0 Å². The van der Waals surface area contributed by atoms with E-state index in [2.05, 4.69) is 19.2 Å². The molecule has 2 amide bonds. The van der Waals surface area contributed by atoms with Gasteiger partial charge in [-0.05, 0) is 32.1 Å². The molecule has 1 aliphatic heterocycles. The highest BCUT2D eigenvalue weighted by molar-refractivity contribution is 5.84. The van der Waals surface area contributed by atoms with Gasteiger partial charge in [-0.3, -0.25) is 9.59 Å². The van der Waals surface area contributed by atoms with Crippen LogP contribution < -0.4 is 11.1 Å². The van der Waals surface area contributed by atoms with Gasteiger partial charge in [-0.1, -0.05) is 34.6 Å². The molecule has 2 atom stereocenters. The summed E-state index contributed by atoms with van der Waals surface area (Å²) >= 11 is 0. The molecule has 0 bridgehead atoms. The third kappa shape index (κ3) is 5.79. The summed E-state index contributed by atoms with van der Waals surface area (Å²) < 4.78 is 0. The Hall–Kier alpha value is -1.10. The first-order valence-electron chi connectivity index (χ1n) is 8.80. The Morgan fingerprint density at radius 2 is 1.87 bits per heavy atom. The molecule has 0 spiro atoms. The minimum atomic E-state index is -0.401. The standard InChI is InChI=1S/C18H35N3O2/c1-13(2)10-18(6,12-19)20-15(22)14-8-7-9-21(11-14)16(23)17(3,4)5/h13-14H,7-12,19H2,1-6H3,(H,20,22). The number of rotatable bonds is 5. The van der Waals surface area contributed by atoms with E-state index >= 15 is 0 Å². The number of hydrogen-bond donors (Lipinski definition) is 2. The lowest BCUT2D eigenvalue weighted by atomic mass is 9.88. The summed E-state index contributed by atoms with van der Waals surface area (Å²) in [4.78, 5) is 27.0. The second kappa shape index (κ2) is 7.65. The predicted octanol–water partition coefficient (Wildman–Crippen LogP) is 2.15. The Labute approximate surface area is 141 Å². The highest BCUT2D eigenvalue weighted by Crippen LogP contribution is 2.24. The molecule has 1 fully saturated rings. The number of amides is 2. The van der Waals surface area contributed by atoms with Crippen molar-refractivity contribution in [2.45, 2.75) is 66.3 Å². The number of hydrogen-bond acceptors (Lipinski definition) is 3. The fourth-order valence-electron chi connectivity index (χ4n) is 3.34. The molecular weight excluding hydrogens is 290 g/mol. The first kappa shape index (κ1) is 19.9. The molecule has 134 valence electrons. The van der Waals surface area contributed by atoms with E-state index in [4.69, 9.17) is 5.73 Å². The van der Waals surface area contributed by atoms with Gasteiger partial charge in [0, 0.05) is 30.6 Å². The van der Waals surface area contributed by atoms with Crippen molar-refractivity contribution in [3.8, 4) is 0 Å². The zero-order valence-electron chi connectivity index (χ0n) is 15.7. The molecular formula is C18H35N3O2. The molecule has 5 nitrogen and oxygen atoms in total. The SMILES string of the molecule is CC(C)CC(C)(CN)NC(=O)C1CCCN(C(=O)C(C)(C)C)C1. The van der Waals surface area contributed by atoms with Crippen molar-refractivity contribution >= 4 is 11.8 Å². The maximum atomic E-state index is 12.7. The Morgan fingerprint density at radius 1 is 1.26 bits per heavy atom. The van der Waals surface area contributed by atoms with Crippen LogP contribution in [-0.4, -0.2) is 41.9 Å². The van der Waals surface area contributed by atoms with Gasteiger partial charge >= 0.3 is 0 Å². The van der Waals surface area contributed by atoms with Crippen molar-refractivity contribution in [1.29, 1.82) is 0 Å². The van der Waals surface area contributed by atoms with Gasteiger partial charge in [-0.25, -0.2) is 0 Å². The van der Waals surface area contributed by atoms with E-state index < -0.39 is 5.41 Å². The summed E-state index contributed by atoms with van der Waals surface area (Å²) in [6.45, 7) is 13.7. The van der Waals surface area contributed by atoms with Crippen molar-refractivity contribution in [3.63, 3.8) is 0 Å². The molecule has 0 aliphatic carbocycles. The van der Waals surface area contributed by atoms with Gasteiger partial charge < -0.3 is 16.0 Å². The molecule has 1 aliphatic rings. The predicted molar refractivity (Wildman–Crippen MR) is 93.8 cm³/mol. The fraction of sp³-hybridized carbons (Fsp3) is 0.889. The molecule has 1 heterocycles. The molecule has 2 unspecified atom stereocenters. The van der Waals surface area contributed by atoms with Gasteiger partial charge in [-0.15, -0.1) is 0 Å². The number of nitrogens with one attached hydrogen (secondary N) is 1. The maximum Gasteiger partial charge on any atom is 0.227 e. The van der Waals surface area contributed by atoms with Crippen LogP contribution in [-0.2, 0) is 9.59 Å². The Morgan fingerprint density at radius 3 is 2.35 bits per heavy atom. The highest BCUT2D eigenvalue weighted by Gasteiger charge is 2.35. The second-order valence-corrected chi connectivity index (χ2v) is 8.69. The normalized spacial score (nSPS) is 21.9. The molecule has 1 saturated heterocycles. The topological polar surface area (TPSA) is 75.4 Å². The second-order valence-electron chi connectivity index (χ2n) is 8.69. The largest absolute Gasteiger partial charge is 0.349 e. The van der Waals surface area contributed by atoms with E-state index in [0.29, 0.717) is 19.0 Å². The van der Waals surface area contributed by atoms with Crippen molar-refractivity contribution in [3.05, 3.63) is 0 Å². The fourth-order valence-corrected chi connectivity index (χ4v) is 3.34. The lowest BCUT2D eigenvalue weighted by Crippen LogP contribution is -2.56. The van der Waals surface area contributed by atoms with Gasteiger partial charge in [0.05, 0.1) is 5.92 Å². The summed E-state index contributed by atoms with van der Waals surface area (Å²) in [7, 11) is 0. The van der Waals surface area contributed by atoms with Crippen molar-refractivity contribution in [2.24, 2.45) is 23.0 Å². The van der Waals surface area contributed by atoms with E-state index in [1.807, 2.05) is 32.6 Å². The van der Waals surface area contributed by atoms with Crippen LogP contribution in [0.1, 0.15) is 60.8 Å². The molecule has 0 aromatic carbocycles. The molecule has 5 heteroatoms. The summed E-state index contributed by atoms with van der Waals surface area (Å²) in [5, 5.41) is 3.14. The third-order valence-electron chi connectivity index (χ3n) is 4.46. The van der Waals surface area contributed by atoms with Crippen molar-refractivity contribution < 1.29 is 9.59 Å². The van der Waals surface area contributed by atoms with E-state index in [1.54, 1.807) is 0 Å². The molecule has 0 radical (unpaired) electrons. The van der Waals surface area contributed by atoms with Crippen LogP contribution in [0.2, 0.25) is 0 Å². The summed E-state index contributed by atoms with van der Waals surface area (Å²) in [6.07, 6.45) is 2.57.